The van der Waals surface area contributed by atoms with E-state index >= 15 is 0 Å². The van der Waals surface area contributed by atoms with Crippen LogP contribution in [0.4, 0.5) is 0 Å². The zero-order valence-electron chi connectivity index (χ0n) is 12.1. The Morgan fingerprint density at radius 2 is 2.00 bits per heavy atom. The van der Waals surface area contributed by atoms with E-state index in [9.17, 15) is 4.79 Å². The van der Waals surface area contributed by atoms with E-state index in [1.54, 1.807) is 4.90 Å². The van der Waals surface area contributed by atoms with Crippen molar-refractivity contribution in [3.05, 3.63) is 56.7 Å². The summed E-state index contributed by atoms with van der Waals surface area (Å²) in [5, 5.41) is 0. The molecule has 1 aromatic heterocycles. The molecule has 2 rings (SSSR count). The number of halogens is 2. The third kappa shape index (κ3) is 3.98. The Hall–Kier alpha value is -1.07. The molecule has 0 radical (unpaired) electrons. The summed E-state index contributed by atoms with van der Waals surface area (Å²) < 4.78 is 3.96. The molecule has 0 spiro atoms. The van der Waals surface area contributed by atoms with Crippen LogP contribution in [0.15, 0.2) is 45.5 Å². The van der Waals surface area contributed by atoms with Crippen molar-refractivity contribution < 1.29 is 4.79 Å². The number of nitrogens with zero attached hydrogens (tertiary/aromatic N) is 2. The Balaban J connectivity index is 2.18. The first-order valence-corrected chi connectivity index (χ1v) is 8.46. The predicted molar refractivity (Wildman–Crippen MR) is 92.4 cm³/mol. The number of aromatic nitrogens is 1. The topological polar surface area (TPSA) is 25.2 Å². The molecule has 1 aromatic carbocycles. The van der Waals surface area contributed by atoms with E-state index in [-0.39, 0.29) is 5.91 Å². The van der Waals surface area contributed by atoms with Crippen molar-refractivity contribution in [3.8, 4) is 0 Å². The fourth-order valence-electron chi connectivity index (χ4n) is 2.23. The molecule has 0 aliphatic rings. The molecule has 2 aromatic rings. The minimum absolute atomic E-state index is 0.0323. The zero-order valence-corrected chi connectivity index (χ0v) is 15.3. The fraction of sp³-hybridized carbons (Fsp3) is 0.312. The Bertz CT molecular complexity index is 637. The number of amides is 1. The van der Waals surface area contributed by atoms with E-state index in [1.807, 2.05) is 48.1 Å². The van der Waals surface area contributed by atoms with Gasteiger partial charge >= 0.3 is 0 Å². The normalized spacial score (nSPS) is 10.7. The van der Waals surface area contributed by atoms with Gasteiger partial charge in [0.2, 0.25) is 0 Å². The third-order valence-electron chi connectivity index (χ3n) is 3.26. The molecule has 3 nitrogen and oxygen atoms in total. The van der Waals surface area contributed by atoms with Gasteiger partial charge in [-0.15, -0.1) is 0 Å². The molecule has 0 unspecified atom stereocenters. The van der Waals surface area contributed by atoms with Crippen LogP contribution >= 0.6 is 31.9 Å². The van der Waals surface area contributed by atoms with Crippen molar-refractivity contribution in [2.45, 2.75) is 26.4 Å². The van der Waals surface area contributed by atoms with E-state index in [0.717, 1.165) is 33.2 Å². The summed E-state index contributed by atoms with van der Waals surface area (Å²) in [6, 6.07) is 9.85. The van der Waals surface area contributed by atoms with Gasteiger partial charge in [-0.2, -0.15) is 0 Å². The van der Waals surface area contributed by atoms with Gasteiger partial charge in [-0.1, -0.05) is 41.1 Å². The second-order valence-electron chi connectivity index (χ2n) is 4.99. The van der Waals surface area contributed by atoms with Gasteiger partial charge in [0.25, 0.3) is 5.91 Å². The molecule has 0 bridgehead atoms. The van der Waals surface area contributed by atoms with Crippen LogP contribution in [0.2, 0.25) is 0 Å². The van der Waals surface area contributed by atoms with E-state index < -0.39 is 0 Å². The SMILES string of the molecule is CCCn1cc(Br)cc1C(=O)N(C)Cc1ccccc1Br. The summed E-state index contributed by atoms with van der Waals surface area (Å²) in [7, 11) is 1.83. The Morgan fingerprint density at radius 3 is 2.67 bits per heavy atom. The fourth-order valence-corrected chi connectivity index (χ4v) is 3.10. The van der Waals surface area contributed by atoms with Crippen LogP contribution in [-0.4, -0.2) is 22.4 Å². The lowest BCUT2D eigenvalue weighted by Gasteiger charge is -2.19. The van der Waals surface area contributed by atoms with Crippen molar-refractivity contribution >= 4 is 37.8 Å². The summed E-state index contributed by atoms with van der Waals surface area (Å²) in [6.45, 7) is 3.53. The second kappa shape index (κ2) is 7.27. The Labute approximate surface area is 142 Å². The van der Waals surface area contributed by atoms with Gasteiger partial charge in [-0.05, 0) is 40.0 Å². The van der Waals surface area contributed by atoms with E-state index in [1.165, 1.54) is 0 Å². The van der Waals surface area contributed by atoms with Crippen molar-refractivity contribution in [2.75, 3.05) is 7.05 Å². The van der Waals surface area contributed by atoms with Gasteiger partial charge in [0.1, 0.15) is 5.69 Å². The van der Waals surface area contributed by atoms with Crippen LogP contribution in [-0.2, 0) is 13.1 Å². The van der Waals surface area contributed by atoms with Gasteiger partial charge in [0.15, 0.2) is 0 Å². The number of hydrogen-bond acceptors (Lipinski definition) is 1. The van der Waals surface area contributed by atoms with Crippen LogP contribution in [0, 0.1) is 0 Å². The van der Waals surface area contributed by atoms with Gasteiger partial charge < -0.3 is 9.47 Å². The first-order chi connectivity index (χ1) is 10.0. The molecule has 0 saturated carbocycles. The second-order valence-corrected chi connectivity index (χ2v) is 6.76. The lowest BCUT2D eigenvalue weighted by molar-refractivity contribution is 0.0774. The van der Waals surface area contributed by atoms with E-state index in [4.69, 9.17) is 0 Å². The number of aryl methyl sites for hydroxylation is 1. The number of carbonyl (C=O) groups is 1. The summed E-state index contributed by atoms with van der Waals surface area (Å²) in [6.07, 6.45) is 2.96. The molecule has 5 heteroatoms. The highest BCUT2D eigenvalue weighted by Gasteiger charge is 2.17. The molecule has 0 saturated heterocycles. The number of benzene rings is 1. The summed E-state index contributed by atoms with van der Waals surface area (Å²) in [4.78, 5) is 14.4. The molecular formula is C16H18Br2N2O. The smallest absolute Gasteiger partial charge is 0.270 e. The molecule has 112 valence electrons. The predicted octanol–water partition coefficient (Wildman–Crippen LogP) is 4.70. The van der Waals surface area contributed by atoms with Crippen LogP contribution < -0.4 is 0 Å². The summed E-state index contributed by atoms with van der Waals surface area (Å²) >= 11 is 6.97. The molecular weight excluding hydrogens is 396 g/mol. The van der Waals surface area contributed by atoms with Crippen molar-refractivity contribution in [2.24, 2.45) is 0 Å². The van der Waals surface area contributed by atoms with Crippen LogP contribution in [0.1, 0.15) is 29.4 Å². The number of carbonyl (C=O) groups excluding carboxylic acids is 1. The summed E-state index contributed by atoms with van der Waals surface area (Å²) in [5.74, 6) is 0.0323. The molecule has 1 heterocycles. The summed E-state index contributed by atoms with van der Waals surface area (Å²) in [5.41, 5.74) is 1.82. The third-order valence-corrected chi connectivity index (χ3v) is 4.47. The van der Waals surface area contributed by atoms with Gasteiger partial charge in [0, 0.05) is 35.3 Å². The molecule has 0 aliphatic heterocycles. The maximum atomic E-state index is 12.6. The van der Waals surface area contributed by atoms with Crippen LogP contribution in [0.25, 0.3) is 0 Å². The van der Waals surface area contributed by atoms with Gasteiger partial charge in [0.05, 0.1) is 0 Å². The highest BCUT2D eigenvalue weighted by molar-refractivity contribution is 9.10. The van der Waals surface area contributed by atoms with Gasteiger partial charge in [-0.3, -0.25) is 4.79 Å². The van der Waals surface area contributed by atoms with E-state index in [0.29, 0.717) is 6.54 Å². The highest BCUT2D eigenvalue weighted by Crippen LogP contribution is 2.20. The maximum Gasteiger partial charge on any atom is 0.270 e. The number of hydrogen-bond donors (Lipinski definition) is 0. The minimum Gasteiger partial charge on any atom is -0.342 e. The van der Waals surface area contributed by atoms with Crippen molar-refractivity contribution in [1.29, 1.82) is 0 Å². The Kier molecular flexibility index (Phi) is 5.65. The zero-order chi connectivity index (χ0) is 15.4. The van der Waals surface area contributed by atoms with E-state index in [2.05, 4.69) is 38.8 Å². The average molecular weight is 414 g/mol. The standard InChI is InChI=1S/C16H18Br2N2O/c1-3-8-20-11-13(17)9-15(20)16(21)19(2)10-12-6-4-5-7-14(12)18/h4-7,9,11H,3,8,10H2,1-2H3. The Morgan fingerprint density at radius 1 is 1.29 bits per heavy atom. The minimum atomic E-state index is 0.0323. The molecule has 0 fully saturated rings. The average Bonchev–Trinajstić information content (AvgIpc) is 2.81. The maximum absolute atomic E-state index is 12.6. The lowest BCUT2D eigenvalue weighted by atomic mass is 10.2. The molecule has 0 aliphatic carbocycles. The monoisotopic (exact) mass is 412 g/mol. The van der Waals surface area contributed by atoms with Crippen molar-refractivity contribution in [3.63, 3.8) is 0 Å². The van der Waals surface area contributed by atoms with Crippen LogP contribution in [0.3, 0.4) is 0 Å². The largest absolute Gasteiger partial charge is 0.342 e. The number of rotatable bonds is 5. The highest BCUT2D eigenvalue weighted by atomic mass is 79.9. The molecule has 1 amide bonds. The van der Waals surface area contributed by atoms with Gasteiger partial charge in [-0.25, -0.2) is 0 Å². The lowest BCUT2D eigenvalue weighted by Crippen LogP contribution is -2.28. The molecule has 0 atom stereocenters. The quantitative estimate of drug-likeness (QED) is 0.697. The molecule has 21 heavy (non-hydrogen) atoms. The van der Waals surface area contributed by atoms with Crippen molar-refractivity contribution in [1.82, 2.24) is 9.47 Å². The molecule has 0 N–H and O–H groups in total. The first-order valence-electron chi connectivity index (χ1n) is 6.87. The first kappa shape index (κ1) is 16.3. The van der Waals surface area contributed by atoms with Crippen LogP contribution in [0.5, 0.6) is 0 Å².